The van der Waals surface area contributed by atoms with Gasteiger partial charge in [0.15, 0.2) is 12.6 Å². The Morgan fingerprint density at radius 2 is 1.47 bits per heavy atom. The van der Waals surface area contributed by atoms with E-state index >= 15 is 8.78 Å². The van der Waals surface area contributed by atoms with E-state index in [0.29, 0.717) is 75.9 Å². The van der Waals surface area contributed by atoms with Gasteiger partial charge in [-0.15, -0.1) is 5.54 Å². The van der Waals surface area contributed by atoms with E-state index in [1.165, 1.54) is 23.5 Å². The van der Waals surface area contributed by atoms with Crippen molar-refractivity contribution in [2.75, 3.05) is 45.1 Å². The average Bonchev–Trinajstić information content (AvgIpc) is 4.10. The molecule has 1 aliphatic heterocycles. The zero-order chi connectivity index (χ0) is 50.2. The van der Waals surface area contributed by atoms with Gasteiger partial charge in [-0.3, -0.25) is 4.98 Å². The van der Waals surface area contributed by atoms with Crippen LogP contribution in [0.15, 0.2) is 91.1 Å². The summed E-state index contributed by atoms with van der Waals surface area (Å²) in [5.74, 6) is 2.94. The Bertz CT molecular complexity index is 2830. The van der Waals surface area contributed by atoms with E-state index in [2.05, 4.69) is 122 Å². The minimum absolute atomic E-state index is 0.00475. The van der Waals surface area contributed by atoms with Crippen molar-refractivity contribution in [3.05, 3.63) is 108 Å². The van der Waals surface area contributed by atoms with Gasteiger partial charge in [0.2, 0.25) is 0 Å². The molecular formula is C57H70F2N4O5Si2. The SMILES string of the molecule is COCOc1cc(-c2ncc3c(N4CCC[C@@](C)(O)C4)nc(OCC4(CO[Si](c5ccccc5)(c5ccccc5)C(C)(C)C)CC4)nc3c2F)c2c(C#C[Si](C(C)C)(C(C)C)C(C)C)c(F)ccc2c1. The first kappa shape index (κ1) is 51.1. The number of aliphatic hydroxyl groups is 1. The fourth-order valence-corrected chi connectivity index (χ4v) is 21.1. The van der Waals surface area contributed by atoms with Crippen LogP contribution in [0.4, 0.5) is 14.6 Å². The van der Waals surface area contributed by atoms with E-state index in [4.69, 9.17) is 33.6 Å². The number of rotatable bonds is 16. The van der Waals surface area contributed by atoms with Crippen molar-refractivity contribution in [1.82, 2.24) is 15.0 Å². The highest BCUT2D eigenvalue weighted by atomic mass is 28.4. The lowest BCUT2D eigenvalue weighted by Gasteiger charge is -2.43. The molecule has 0 bridgehead atoms. The predicted octanol–water partition coefficient (Wildman–Crippen LogP) is 11.8. The van der Waals surface area contributed by atoms with Crippen molar-refractivity contribution >= 4 is 54.3 Å². The number of methoxy groups -OCH3 is 1. The Kier molecular flexibility index (Phi) is 14.7. The molecule has 13 heteroatoms. The molecule has 3 heterocycles. The summed E-state index contributed by atoms with van der Waals surface area (Å²) in [4.78, 5) is 16.6. The monoisotopic (exact) mass is 984 g/mol. The second-order valence-electron chi connectivity index (χ2n) is 22.0. The Morgan fingerprint density at radius 3 is 2.04 bits per heavy atom. The third-order valence-corrected chi connectivity index (χ3v) is 26.3. The van der Waals surface area contributed by atoms with Crippen LogP contribution >= 0.6 is 0 Å². The minimum atomic E-state index is -2.84. The molecule has 2 aromatic heterocycles. The molecule has 8 rings (SSSR count). The molecule has 2 aliphatic rings. The van der Waals surface area contributed by atoms with Crippen molar-refractivity contribution in [1.29, 1.82) is 0 Å². The van der Waals surface area contributed by atoms with Crippen molar-refractivity contribution in [3.8, 4) is 34.5 Å². The number of anilines is 1. The second-order valence-corrected chi connectivity index (χ2v) is 31.9. The summed E-state index contributed by atoms with van der Waals surface area (Å²) >= 11 is 0. The van der Waals surface area contributed by atoms with Gasteiger partial charge < -0.3 is 28.6 Å². The molecule has 0 radical (unpaired) electrons. The van der Waals surface area contributed by atoms with Crippen LogP contribution in [0.25, 0.3) is 32.9 Å². The first-order chi connectivity index (χ1) is 33.3. The quantitative estimate of drug-likeness (QED) is 0.0577. The van der Waals surface area contributed by atoms with Gasteiger partial charge in [-0.05, 0) is 88.2 Å². The van der Waals surface area contributed by atoms with E-state index < -0.39 is 33.6 Å². The maximum absolute atomic E-state index is 18.0. The summed E-state index contributed by atoms with van der Waals surface area (Å²) in [5.41, 5.74) is 3.75. The van der Waals surface area contributed by atoms with Crippen LogP contribution in [0.1, 0.15) is 100 Å². The van der Waals surface area contributed by atoms with E-state index in [1.807, 2.05) is 17.0 Å². The lowest BCUT2D eigenvalue weighted by molar-refractivity contribution is 0.0447. The molecule has 1 saturated carbocycles. The zero-order valence-electron chi connectivity index (χ0n) is 42.9. The maximum Gasteiger partial charge on any atom is 0.319 e. The summed E-state index contributed by atoms with van der Waals surface area (Å²) in [6, 6.07) is 27.7. The van der Waals surface area contributed by atoms with Crippen LogP contribution in [0.5, 0.6) is 11.8 Å². The molecule has 2 fully saturated rings. The first-order valence-electron chi connectivity index (χ1n) is 24.9. The number of ether oxygens (including phenoxy) is 3. The minimum Gasteiger partial charge on any atom is -0.468 e. The Labute approximate surface area is 415 Å². The molecule has 1 saturated heterocycles. The molecule has 70 heavy (non-hydrogen) atoms. The number of fused-ring (bicyclic) bond motifs is 2. The summed E-state index contributed by atoms with van der Waals surface area (Å²) in [6.45, 7) is 23.4. The summed E-state index contributed by atoms with van der Waals surface area (Å²) in [5, 5.41) is 14.9. The largest absolute Gasteiger partial charge is 0.468 e. The van der Waals surface area contributed by atoms with Crippen LogP contribution in [0.2, 0.25) is 21.7 Å². The van der Waals surface area contributed by atoms with E-state index in [0.717, 1.165) is 12.8 Å². The molecule has 370 valence electrons. The molecule has 0 amide bonds. The molecule has 4 aromatic carbocycles. The van der Waals surface area contributed by atoms with Crippen LogP contribution < -0.4 is 24.7 Å². The molecule has 9 nitrogen and oxygen atoms in total. The Balaban J connectivity index is 1.24. The third kappa shape index (κ3) is 9.87. The average molecular weight is 985 g/mol. The van der Waals surface area contributed by atoms with Crippen molar-refractivity contribution in [2.24, 2.45) is 5.41 Å². The molecule has 6 aromatic rings. The second kappa shape index (κ2) is 20.1. The van der Waals surface area contributed by atoms with Gasteiger partial charge in [-0.1, -0.05) is 135 Å². The highest BCUT2D eigenvalue weighted by Crippen LogP contribution is 2.49. The van der Waals surface area contributed by atoms with Crippen molar-refractivity contribution < 1.29 is 32.5 Å². The topological polar surface area (TPSA) is 99.1 Å². The lowest BCUT2D eigenvalue weighted by Crippen LogP contribution is -2.67. The van der Waals surface area contributed by atoms with Crippen molar-refractivity contribution in [2.45, 2.75) is 122 Å². The molecular weight excluding hydrogens is 915 g/mol. The molecule has 0 spiro atoms. The van der Waals surface area contributed by atoms with Crippen LogP contribution in [0, 0.1) is 28.5 Å². The van der Waals surface area contributed by atoms with Gasteiger partial charge in [-0.2, -0.15) is 9.97 Å². The number of β-amino-alcohol motifs (C(OH)–C–C–N with tert-alkyl or cyclic N) is 1. The van der Waals surface area contributed by atoms with Crippen LogP contribution in [-0.4, -0.2) is 82.3 Å². The van der Waals surface area contributed by atoms with E-state index in [-0.39, 0.29) is 53.2 Å². The lowest BCUT2D eigenvalue weighted by atomic mass is 9.94. The van der Waals surface area contributed by atoms with Gasteiger partial charge in [0, 0.05) is 49.4 Å². The maximum atomic E-state index is 18.0. The van der Waals surface area contributed by atoms with Gasteiger partial charge >= 0.3 is 6.01 Å². The molecule has 1 aliphatic carbocycles. The van der Waals surface area contributed by atoms with Gasteiger partial charge in [0.05, 0.1) is 23.2 Å². The molecule has 1 N–H and O–H groups in total. The number of pyridine rings is 1. The van der Waals surface area contributed by atoms with Gasteiger partial charge in [-0.25, -0.2) is 8.78 Å². The van der Waals surface area contributed by atoms with E-state index in [1.54, 1.807) is 31.3 Å². The fourth-order valence-electron chi connectivity index (χ4n) is 11.2. The molecule has 1 atom stereocenters. The normalized spacial score (nSPS) is 17.4. The molecule has 0 unspecified atom stereocenters. The zero-order valence-corrected chi connectivity index (χ0v) is 44.9. The fraction of sp³-hybridized carbons (Fsp3) is 0.456. The number of benzene rings is 4. The summed E-state index contributed by atoms with van der Waals surface area (Å²) in [6.07, 6.45) is 4.66. The number of aromatic nitrogens is 3. The third-order valence-electron chi connectivity index (χ3n) is 15.0. The number of nitrogens with zero attached hydrogens (tertiary/aromatic N) is 4. The van der Waals surface area contributed by atoms with Crippen LogP contribution in [-0.2, 0) is 9.16 Å². The standard InChI is InChI=1S/C57H70F2N4O5Si2/c1-38(2)69(39(3)4,40(5)6)30-25-45-48(58)24-23-41-31-42(67-37-65-11)32-46(49(41)45)51-50(59)52-47(33-60-51)53(63-29-18-26-56(10,64)34-63)62-54(61-52)66-35-57(27-28-57)36-68-70(55(7,8)9,43-19-14-12-15-20-43)44-21-16-13-17-22-44/h12-17,19-24,31-33,38-40,64H,18,26-29,34-37H2,1-11H3/t56-/m1/s1. The number of hydrogen-bond acceptors (Lipinski definition) is 9. The number of hydrogen-bond donors (Lipinski definition) is 1. The Hall–Kier alpha value is -5.24. The predicted molar refractivity (Wildman–Crippen MR) is 283 cm³/mol. The number of piperidine rings is 1. The van der Waals surface area contributed by atoms with Gasteiger partial charge in [0.25, 0.3) is 8.32 Å². The highest BCUT2D eigenvalue weighted by Gasteiger charge is 2.54. The highest BCUT2D eigenvalue weighted by molar-refractivity contribution is 6.99. The van der Waals surface area contributed by atoms with Crippen LogP contribution in [0.3, 0.4) is 0 Å². The first-order valence-corrected chi connectivity index (χ1v) is 29.0. The summed E-state index contributed by atoms with van der Waals surface area (Å²) < 4.78 is 59.6. The van der Waals surface area contributed by atoms with Crippen molar-refractivity contribution in [3.63, 3.8) is 0 Å². The van der Waals surface area contributed by atoms with Gasteiger partial charge in [0.1, 0.15) is 36.7 Å². The Morgan fingerprint density at radius 1 is 0.829 bits per heavy atom. The van der Waals surface area contributed by atoms with E-state index in [9.17, 15) is 5.11 Å². The number of halogens is 2. The summed E-state index contributed by atoms with van der Waals surface area (Å²) in [7, 11) is -3.64. The smallest absolute Gasteiger partial charge is 0.319 e.